The van der Waals surface area contributed by atoms with Crippen LogP contribution >= 0.6 is 0 Å². The molecular formula is C20H30N2O3. The summed E-state index contributed by atoms with van der Waals surface area (Å²) in [4.78, 5) is 17.2. The normalized spacial score (nSPS) is 22.8. The van der Waals surface area contributed by atoms with Gasteiger partial charge in [0.2, 0.25) is 5.91 Å². The molecule has 2 aliphatic rings. The standard InChI is InChI=1S/C20H30N2O3/c1-15-4-3-9-22(13-15)20(24)17-7-10-21(11-8-17)14-16-5-6-18(23)19(12-16)25-2/h5-6,12,15,17,23H,3-4,7-11,13-14H2,1-2H3. The lowest BCUT2D eigenvalue weighted by Crippen LogP contribution is -2.45. The zero-order valence-corrected chi connectivity index (χ0v) is 15.4. The number of phenolic OH excluding ortho intramolecular Hbond substituents is 1. The third-order valence-electron chi connectivity index (χ3n) is 5.56. The van der Waals surface area contributed by atoms with Crippen LogP contribution < -0.4 is 4.74 Å². The van der Waals surface area contributed by atoms with Gasteiger partial charge in [0, 0.05) is 25.6 Å². The Morgan fingerprint density at radius 3 is 2.68 bits per heavy atom. The maximum atomic E-state index is 12.7. The van der Waals surface area contributed by atoms with Crippen molar-refractivity contribution in [1.29, 1.82) is 0 Å². The minimum atomic E-state index is 0.173. The van der Waals surface area contributed by atoms with E-state index in [4.69, 9.17) is 4.74 Å². The number of aromatic hydroxyl groups is 1. The summed E-state index contributed by atoms with van der Waals surface area (Å²) in [6, 6.07) is 5.51. The molecule has 1 amide bonds. The van der Waals surface area contributed by atoms with Crippen LogP contribution in [0.1, 0.15) is 38.2 Å². The third kappa shape index (κ3) is 4.46. The molecule has 2 saturated heterocycles. The zero-order valence-electron chi connectivity index (χ0n) is 15.4. The number of likely N-dealkylation sites (tertiary alicyclic amines) is 2. The van der Waals surface area contributed by atoms with Crippen molar-refractivity contribution in [1.82, 2.24) is 9.80 Å². The summed E-state index contributed by atoms with van der Waals surface area (Å²) >= 11 is 0. The highest BCUT2D eigenvalue weighted by molar-refractivity contribution is 5.79. The molecule has 0 radical (unpaired) electrons. The number of phenols is 1. The minimum Gasteiger partial charge on any atom is -0.504 e. The van der Waals surface area contributed by atoms with Crippen LogP contribution in [0, 0.1) is 11.8 Å². The first kappa shape index (κ1) is 18.1. The molecule has 0 aliphatic carbocycles. The van der Waals surface area contributed by atoms with Crippen LogP contribution in [0.15, 0.2) is 18.2 Å². The van der Waals surface area contributed by atoms with Gasteiger partial charge in [-0.1, -0.05) is 13.0 Å². The van der Waals surface area contributed by atoms with Gasteiger partial charge in [0.25, 0.3) is 0 Å². The smallest absolute Gasteiger partial charge is 0.225 e. The van der Waals surface area contributed by atoms with Crippen molar-refractivity contribution in [3.05, 3.63) is 23.8 Å². The predicted molar refractivity (Wildman–Crippen MR) is 97.6 cm³/mol. The fourth-order valence-electron chi connectivity index (χ4n) is 4.06. The van der Waals surface area contributed by atoms with E-state index in [1.54, 1.807) is 13.2 Å². The first-order chi connectivity index (χ1) is 12.1. The first-order valence-corrected chi connectivity index (χ1v) is 9.44. The maximum absolute atomic E-state index is 12.7. The second kappa shape index (κ2) is 8.09. The number of hydrogen-bond donors (Lipinski definition) is 1. The van der Waals surface area contributed by atoms with Gasteiger partial charge in [-0.05, 0) is 62.4 Å². The number of amides is 1. The minimum absolute atomic E-state index is 0.173. The Balaban J connectivity index is 1.51. The van der Waals surface area contributed by atoms with Gasteiger partial charge >= 0.3 is 0 Å². The summed E-state index contributed by atoms with van der Waals surface area (Å²) in [6.45, 7) is 6.85. The molecule has 138 valence electrons. The number of carbonyl (C=O) groups is 1. The van der Waals surface area contributed by atoms with Gasteiger partial charge in [-0.3, -0.25) is 9.69 Å². The lowest BCUT2D eigenvalue weighted by molar-refractivity contribution is -0.138. The van der Waals surface area contributed by atoms with E-state index >= 15 is 0 Å². The highest BCUT2D eigenvalue weighted by Gasteiger charge is 2.30. The quantitative estimate of drug-likeness (QED) is 0.911. The van der Waals surface area contributed by atoms with Crippen LogP contribution in [-0.4, -0.2) is 54.1 Å². The molecule has 1 unspecified atom stereocenters. The maximum Gasteiger partial charge on any atom is 0.225 e. The van der Waals surface area contributed by atoms with Crippen LogP contribution in [0.4, 0.5) is 0 Å². The number of piperidine rings is 2. The van der Waals surface area contributed by atoms with E-state index in [0.29, 0.717) is 17.6 Å². The van der Waals surface area contributed by atoms with Crippen molar-refractivity contribution in [2.45, 2.75) is 39.2 Å². The van der Waals surface area contributed by atoms with Gasteiger partial charge in [0.15, 0.2) is 11.5 Å². The molecule has 1 aromatic rings. The monoisotopic (exact) mass is 346 g/mol. The summed E-state index contributed by atoms with van der Waals surface area (Å²) in [5.74, 6) is 1.89. The molecule has 0 aromatic heterocycles. The highest BCUT2D eigenvalue weighted by Crippen LogP contribution is 2.28. The largest absolute Gasteiger partial charge is 0.504 e. The number of nitrogens with zero attached hydrogens (tertiary/aromatic N) is 2. The highest BCUT2D eigenvalue weighted by atomic mass is 16.5. The topological polar surface area (TPSA) is 53.0 Å². The van der Waals surface area contributed by atoms with Crippen molar-refractivity contribution < 1.29 is 14.6 Å². The van der Waals surface area contributed by atoms with E-state index in [2.05, 4.69) is 16.7 Å². The van der Waals surface area contributed by atoms with Gasteiger partial charge in [0.05, 0.1) is 7.11 Å². The Labute approximate surface area is 150 Å². The SMILES string of the molecule is COc1cc(CN2CCC(C(=O)N3CCCC(C)C3)CC2)ccc1O. The number of rotatable bonds is 4. The van der Waals surface area contributed by atoms with Crippen LogP contribution in [-0.2, 0) is 11.3 Å². The Bertz CT molecular complexity index is 597. The lowest BCUT2D eigenvalue weighted by atomic mass is 9.92. The summed E-state index contributed by atoms with van der Waals surface area (Å²) in [7, 11) is 1.57. The van der Waals surface area contributed by atoms with Crippen molar-refractivity contribution >= 4 is 5.91 Å². The molecule has 5 nitrogen and oxygen atoms in total. The molecule has 0 bridgehead atoms. The second-order valence-electron chi connectivity index (χ2n) is 7.59. The van der Waals surface area contributed by atoms with E-state index in [-0.39, 0.29) is 11.7 Å². The Kier molecular flexibility index (Phi) is 5.84. The van der Waals surface area contributed by atoms with Gasteiger partial charge in [0.1, 0.15) is 0 Å². The van der Waals surface area contributed by atoms with Crippen LogP contribution in [0.5, 0.6) is 11.5 Å². The van der Waals surface area contributed by atoms with Gasteiger partial charge < -0.3 is 14.7 Å². The average Bonchev–Trinajstić information content (AvgIpc) is 2.63. The van der Waals surface area contributed by atoms with Crippen molar-refractivity contribution in [3.63, 3.8) is 0 Å². The fourth-order valence-corrected chi connectivity index (χ4v) is 4.06. The van der Waals surface area contributed by atoms with E-state index in [0.717, 1.165) is 57.5 Å². The van der Waals surface area contributed by atoms with Crippen LogP contribution in [0.3, 0.4) is 0 Å². The number of methoxy groups -OCH3 is 1. The zero-order chi connectivity index (χ0) is 17.8. The molecule has 0 spiro atoms. The van der Waals surface area contributed by atoms with Crippen LogP contribution in [0.2, 0.25) is 0 Å². The third-order valence-corrected chi connectivity index (χ3v) is 5.56. The number of hydrogen-bond acceptors (Lipinski definition) is 4. The van der Waals surface area contributed by atoms with E-state index in [9.17, 15) is 9.90 Å². The van der Waals surface area contributed by atoms with E-state index in [1.807, 2.05) is 12.1 Å². The first-order valence-electron chi connectivity index (χ1n) is 9.44. The molecule has 1 N–H and O–H groups in total. The lowest BCUT2D eigenvalue weighted by Gasteiger charge is -2.37. The molecule has 2 aliphatic heterocycles. The fraction of sp³-hybridized carbons (Fsp3) is 0.650. The average molecular weight is 346 g/mol. The Morgan fingerprint density at radius 1 is 1.24 bits per heavy atom. The molecule has 1 atom stereocenters. The predicted octanol–water partition coefficient (Wildman–Crippen LogP) is 2.87. The van der Waals surface area contributed by atoms with E-state index in [1.165, 1.54) is 6.42 Å². The molecule has 0 saturated carbocycles. The molecule has 2 heterocycles. The summed E-state index contributed by atoms with van der Waals surface area (Å²) < 4.78 is 5.18. The van der Waals surface area contributed by atoms with Gasteiger partial charge in [-0.15, -0.1) is 0 Å². The number of benzene rings is 1. The number of carbonyl (C=O) groups excluding carboxylic acids is 1. The van der Waals surface area contributed by atoms with Gasteiger partial charge in [-0.2, -0.15) is 0 Å². The van der Waals surface area contributed by atoms with Gasteiger partial charge in [-0.25, -0.2) is 0 Å². The molecule has 3 rings (SSSR count). The Morgan fingerprint density at radius 2 is 2.00 bits per heavy atom. The molecular weight excluding hydrogens is 316 g/mol. The van der Waals surface area contributed by atoms with Crippen LogP contribution in [0.25, 0.3) is 0 Å². The molecule has 2 fully saturated rings. The van der Waals surface area contributed by atoms with Crippen molar-refractivity contribution in [3.8, 4) is 11.5 Å². The second-order valence-corrected chi connectivity index (χ2v) is 7.59. The molecule has 5 heteroatoms. The van der Waals surface area contributed by atoms with Crippen molar-refractivity contribution in [2.24, 2.45) is 11.8 Å². The van der Waals surface area contributed by atoms with Crippen molar-refractivity contribution in [2.75, 3.05) is 33.3 Å². The summed E-state index contributed by atoms with van der Waals surface area (Å²) in [6.07, 6.45) is 4.28. The summed E-state index contributed by atoms with van der Waals surface area (Å²) in [5, 5.41) is 9.70. The molecule has 25 heavy (non-hydrogen) atoms. The van der Waals surface area contributed by atoms with E-state index < -0.39 is 0 Å². The number of ether oxygens (including phenoxy) is 1. The Hall–Kier alpha value is -1.75. The molecule has 1 aromatic carbocycles. The summed E-state index contributed by atoms with van der Waals surface area (Å²) in [5.41, 5.74) is 1.13.